The Hall–Kier alpha value is -2.81. The summed E-state index contributed by atoms with van der Waals surface area (Å²) in [6, 6.07) is 4.44. The molecule has 0 aromatic carbocycles. The van der Waals surface area contributed by atoms with Crippen LogP contribution in [0, 0.1) is 0 Å². The lowest BCUT2D eigenvalue weighted by Crippen LogP contribution is -2.22. The van der Waals surface area contributed by atoms with Crippen molar-refractivity contribution < 1.29 is 22.7 Å². The van der Waals surface area contributed by atoms with Crippen LogP contribution < -0.4 is 5.73 Å². The summed E-state index contributed by atoms with van der Waals surface area (Å²) < 4.78 is 45.1. The zero-order chi connectivity index (χ0) is 19.4. The van der Waals surface area contributed by atoms with Crippen LogP contribution in [0.5, 0.6) is 0 Å². The fraction of sp³-hybridized carbons (Fsp3) is 0.333. The summed E-state index contributed by atoms with van der Waals surface area (Å²) in [7, 11) is 0. The third-order valence-electron chi connectivity index (χ3n) is 4.11. The van der Waals surface area contributed by atoms with Crippen LogP contribution in [0.2, 0.25) is 0 Å². The fourth-order valence-corrected chi connectivity index (χ4v) is 2.69. The van der Waals surface area contributed by atoms with Crippen LogP contribution in [0.3, 0.4) is 0 Å². The van der Waals surface area contributed by atoms with Gasteiger partial charge < -0.3 is 10.5 Å². The number of pyridine rings is 2. The SMILES string of the molecule is NC(=C(C=NC1CCCCO1)c1cnc2ccc(C=O)nc2c1)C(F)(F)F. The van der Waals surface area contributed by atoms with Crippen molar-refractivity contribution in [3.63, 3.8) is 0 Å². The Balaban J connectivity index is 2.05. The highest BCUT2D eigenvalue weighted by molar-refractivity contribution is 6.11. The second-order valence-electron chi connectivity index (χ2n) is 6.04. The van der Waals surface area contributed by atoms with Gasteiger partial charge in [-0.15, -0.1) is 0 Å². The topological polar surface area (TPSA) is 90.5 Å². The van der Waals surface area contributed by atoms with E-state index in [0.29, 0.717) is 24.8 Å². The van der Waals surface area contributed by atoms with Crippen molar-refractivity contribution in [3.8, 4) is 0 Å². The molecule has 1 aliphatic rings. The van der Waals surface area contributed by atoms with Gasteiger partial charge in [0.25, 0.3) is 0 Å². The lowest BCUT2D eigenvalue weighted by Gasteiger charge is -2.19. The van der Waals surface area contributed by atoms with Gasteiger partial charge in [-0.1, -0.05) is 0 Å². The van der Waals surface area contributed by atoms with Crippen LogP contribution in [0.1, 0.15) is 35.3 Å². The van der Waals surface area contributed by atoms with Gasteiger partial charge in [-0.25, -0.2) is 4.98 Å². The van der Waals surface area contributed by atoms with Gasteiger partial charge in [-0.3, -0.25) is 14.8 Å². The smallest absolute Gasteiger partial charge is 0.394 e. The van der Waals surface area contributed by atoms with Gasteiger partial charge in [-0.05, 0) is 37.5 Å². The number of ether oxygens (including phenoxy) is 1. The van der Waals surface area contributed by atoms with Crippen molar-refractivity contribution in [3.05, 3.63) is 41.4 Å². The van der Waals surface area contributed by atoms with Gasteiger partial charge in [-0.2, -0.15) is 13.2 Å². The Kier molecular flexibility index (Phi) is 5.50. The minimum absolute atomic E-state index is 0.104. The standard InChI is InChI=1S/C18H17F3N4O2/c19-18(20,21)17(22)13(9-24-16-3-1-2-6-27-16)11-7-15-14(23-8-11)5-4-12(10-26)25-15/h4-5,7-10,16H,1-3,6,22H2. The zero-order valence-corrected chi connectivity index (χ0v) is 14.2. The van der Waals surface area contributed by atoms with Crippen LogP contribution in [-0.2, 0) is 4.74 Å². The number of nitrogens with zero attached hydrogens (tertiary/aromatic N) is 3. The van der Waals surface area contributed by atoms with Crippen molar-refractivity contribution in [2.45, 2.75) is 31.7 Å². The lowest BCUT2D eigenvalue weighted by molar-refractivity contribution is -0.0918. The average molecular weight is 378 g/mol. The minimum Gasteiger partial charge on any atom is -0.394 e. The van der Waals surface area contributed by atoms with Crippen molar-refractivity contribution in [2.75, 3.05) is 6.61 Å². The highest BCUT2D eigenvalue weighted by Crippen LogP contribution is 2.29. The molecular weight excluding hydrogens is 361 g/mol. The molecular formula is C18H17F3N4O2. The largest absolute Gasteiger partial charge is 0.431 e. The molecule has 2 N–H and O–H groups in total. The Morgan fingerprint density at radius 2 is 2.11 bits per heavy atom. The third kappa shape index (κ3) is 4.48. The molecule has 1 unspecified atom stereocenters. The molecule has 0 radical (unpaired) electrons. The summed E-state index contributed by atoms with van der Waals surface area (Å²) in [6.07, 6.45) is 0.0945. The van der Waals surface area contributed by atoms with E-state index in [0.717, 1.165) is 19.1 Å². The van der Waals surface area contributed by atoms with Gasteiger partial charge in [0.05, 0.1) is 11.0 Å². The predicted molar refractivity (Wildman–Crippen MR) is 94.2 cm³/mol. The van der Waals surface area contributed by atoms with Gasteiger partial charge in [0.2, 0.25) is 0 Å². The van der Waals surface area contributed by atoms with Crippen LogP contribution in [-0.4, -0.2) is 41.5 Å². The molecule has 1 aliphatic heterocycles. The number of hydrogen-bond donors (Lipinski definition) is 1. The highest BCUT2D eigenvalue weighted by atomic mass is 19.4. The van der Waals surface area contributed by atoms with Gasteiger partial charge in [0.1, 0.15) is 17.6 Å². The number of carbonyl (C=O) groups is 1. The van der Waals surface area contributed by atoms with E-state index in [4.69, 9.17) is 10.5 Å². The minimum atomic E-state index is -4.73. The second kappa shape index (κ2) is 7.83. The van der Waals surface area contributed by atoms with E-state index in [9.17, 15) is 18.0 Å². The summed E-state index contributed by atoms with van der Waals surface area (Å²) in [5.74, 6) is 0. The van der Waals surface area contributed by atoms with Crippen LogP contribution >= 0.6 is 0 Å². The fourth-order valence-electron chi connectivity index (χ4n) is 2.69. The Morgan fingerprint density at radius 1 is 1.30 bits per heavy atom. The number of carbonyl (C=O) groups excluding carboxylic acids is 1. The molecule has 6 nitrogen and oxygen atoms in total. The first-order chi connectivity index (χ1) is 12.9. The predicted octanol–water partition coefficient (Wildman–Crippen LogP) is 3.27. The number of aldehydes is 1. The maximum Gasteiger partial charge on any atom is 0.431 e. The monoisotopic (exact) mass is 378 g/mol. The Bertz CT molecular complexity index is 903. The number of nitrogens with two attached hydrogens (primary N) is 1. The number of aliphatic imine (C=N–C) groups is 1. The van der Waals surface area contributed by atoms with Crippen LogP contribution in [0.4, 0.5) is 13.2 Å². The molecule has 2 aromatic heterocycles. The molecule has 2 aromatic rings. The van der Waals surface area contributed by atoms with Crippen molar-refractivity contribution >= 4 is 29.1 Å². The third-order valence-corrected chi connectivity index (χ3v) is 4.11. The maximum absolute atomic E-state index is 13.2. The molecule has 142 valence electrons. The molecule has 1 fully saturated rings. The second-order valence-corrected chi connectivity index (χ2v) is 6.04. The first-order valence-corrected chi connectivity index (χ1v) is 8.32. The summed E-state index contributed by atoms with van der Waals surface area (Å²) in [5, 5.41) is 0. The van der Waals surface area contributed by atoms with Crippen LogP contribution in [0.15, 0.2) is 35.1 Å². The molecule has 1 atom stereocenters. The first-order valence-electron chi connectivity index (χ1n) is 8.32. The number of hydrogen-bond acceptors (Lipinski definition) is 6. The Labute approximate surface area is 153 Å². The molecule has 3 heterocycles. The number of allylic oxidation sites excluding steroid dienone is 2. The summed E-state index contributed by atoms with van der Waals surface area (Å²) in [5.41, 5.74) is 4.75. The normalized spacial score (nSPS) is 19.3. The zero-order valence-electron chi connectivity index (χ0n) is 14.2. The first kappa shape index (κ1) is 19.0. The average Bonchev–Trinajstić information content (AvgIpc) is 2.67. The van der Waals surface area contributed by atoms with Crippen molar-refractivity contribution in [1.29, 1.82) is 0 Å². The molecule has 1 saturated heterocycles. The van der Waals surface area contributed by atoms with Gasteiger partial charge in [0, 0.05) is 30.2 Å². The number of aromatic nitrogens is 2. The molecule has 3 rings (SSSR count). The number of rotatable bonds is 4. The number of alkyl halides is 3. The quantitative estimate of drug-likeness (QED) is 0.651. The van der Waals surface area contributed by atoms with Gasteiger partial charge >= 0.3 is 6.18 Å². The summed E-state index contributed by atoms with van der Waals surface area (Å²) in [6.45, 7) is 0.520. The van der Waals surface area contributed by atoms with E-state index in [1.165, 1.54) is 18.3 Å². The van der Waals surface area contributed by atoms with E-state index in [1.54, 1.807) is 6.07 Å². The molecule has 0 aliphatic carbocycles. The molecule has 0 spiro atoms. The molecule has 0 saturated carbocycles. The number of fused-ring (bicyclic) bond motifs is 1. The maximum atomic E-state index is 13.2. The molecule has 27 heavy (non-hydrogen) atoms. The molecule has 0 bridgehead atoms. The van der Waals surface area contributed by atoms with E-state index in [1.807, 2.05) is 0 Å². The van der Waals surface area contributed by atoms with Gasteiger partial charge in [0.15, 0.2) is 6.29 Å². The molecule has 0 amide bonds. The van der Waals surface area contributed by atoms with Crippen molar-refractivity contribution in [2.24, 2.45) is 10.7 Å². The van der Waals surface area contributed by atoms with E-state index >= 15 is 0 Å². The van der Waals surface area contributed by atoms with E-state index in [-0.39, 0.29) is 22.3 Å². The summed E-state index contributed by atoms with van der Waals surface area (Å²) in [4.78, 5) is 23.2. The highest BCUT2D eigenvalue weighted by Gasteiger charge is 2.34. The van der Waals surface area contributed by atoms with E-state index in [2.05, 4.69) is 15.0 Å². The molecule has 9 heteroatoms. The Morgan fingerprint density at radius 3 is 2.78 bits per heavy atom. The lowest BCUT2D eigenvalue weighted by atomic mass is 10.1. The van der Waals surface area contributed by atoms with Crippen LogP contribution in [0.25, 0.3) is 16.6 Å². The number of halogens is 3. The summed E-state index contributed by atoms with van der Waals surface area (Å²) >= 11 is 0. The van der Waals surface area contributed by atoms with Crippen molar-refractivity contribution in [1.82, 2.24) is 9.97 Å². The van der Waals surface area contributed by atoms with E-state index < -0.39 is 18.1 Å².